The molecule has 0 bridgehead atoms. The van der Waals surface area contributed by atoms with Crippen LogP contribution < -0.4 is 10.6 Å². The molecule has 2 amide bonds. The maximum Gasteiger partial charge on any atom is 0.265 e. The summed E-state index contributed by atoms with van der Waals surface area (Å²) in [6.45, 7) is 8.30. The van der Waals surface area contributed by atoms with Crippen molar-refractivity contribution in [2.24, 2.45) is 0 Å². The average molecular weight is 726 g/mol. The van der Waals surface area contributed by atoms with Crippen molar-refractivity contribution in [3.8, 4) is 11.5 Å². The van der Waals surface area contributed by atoms with E-state index in [1.165, 1.54) is 36.2 Å². The van der Waals surface area contributed by atoms with Crippen LogP contribution in [0.5, 0.6) is 11.5 Å². The van der Waals surface area contributed by atoms with Gasteiger partial charge in [-0.25, -0.2) is 0 Å². The maximum atomic E-state index is 12.7. The Morgan fingerprint density at radius 1 is 1.04 bits per heavy atom. The third-order valence-electron chi connectivity index (χ3n) is 9.78. The minimum atomic E-state index is -0.227. The van der Waals surface area contributed by atoms with Crippen LogP contribution in [0.4, 0.5) is 5.69 Å². The molecule has 5 aromatic rings. The van der Waals surface area contributed by atoms with Gasteiger partial charge in [0.25, 0.3) is 11.8 Å². The van der Waals surface area contributed by atoms with E-state index >= 15 is 0 Å². The van der Waals surface area contributed by atoms with Gasteiger partial charge in [-0.15, -0.1) is 17.9 Å². The van der Waals surface area contributed by atoms with Gasteiger partial charge in [0.2, 0.25) is 0 Å². The number of hydrogen-bond donors (Lipinski definition) is 4. The fourth-order valence-electron chi connectivity index (χ4n) is 7.08. The number of thiophene rings is 1. The highest BCUT2D eigenvalue weighted by molar-refractivity contribution is 7.20. The smallest absolute Gasteiger partial charge is 0.265 e. The van der Waals surface area contributed by atoms with E-state index in [-0.39, 0.29) is 34.3 Å². The molecule has 1 unspecified atom stereocenters. The summed E-state index contributed by atoms with van der Waals surface area (Å²) in [6, 6.07) is 21.1. The molecule has 2 aromatic heterocycles. The lowest BCUT2D eigenvalue weighted by atomic mass is 9.87. The zero-order chi connectivity index (χ0) is 36.1. The number of aryl methyl sites for hydroxylation is 1. The molecule has 7 rings (SSSR count). The van der Waals surface area contributed by atoms with Crippen LogP contribution >= 0.6 is 22.9 Å². The Morgan fingerprint density at radius 3 is 2.45 bits per heavy atom. The second-order valence-electron chi connectivity index (χ2n) is 13.1. The van der Waals surface area contributed by atoms with E-state index in [4.69, 9.17) is 16.7 Å². The maximum absolute atomic E-state index is 12.7. The molecule has 4 N–H and O–H groups in total. The number of anilines is 1. The number of rotatable bonds is 7. The second kappa shape index (κ2) is 16.1. The Morgan fingerprint density at radius 2 is 1.76 bits per heavy atom. The number of benzene rings is 3. The van der Waals surface area contributed by atoms with Gasteiger partial charge in [0.1, 0.15) is 4.83 Å². The third kappa shape index (κ3) is 7.98. The number of hydrogen-bond acceptors (Lipinski definition) is 7. The first-order valence-corrected chi connectivity index (χ1v) is 18.6. The van der Waals surface area contributed by atoms with Crippen LogP contribution in [0.3, 0.4) is 0 Å². The summed E-state index contributed by atoms with van der Waals surface area (Å²) in [6.07, 6.45) is 8.75. The molecule has 11 heteroatoms. The summed E-state index contributed by atoms with van der Waals surface area (Å²) in [7, 11) is 1.59. The van der Waals surface area contributed by atoms with E-state index in [2.05, 4.69) is 38.9 Å². The first kappa shape index (κ1) is 36.2. The second-order valence-corrected chi connectivity index (χ2v) is 14.6. The molecule has 0 spiro atoms. The van der Waals surface area contributed by atoms with Crippen LogP contribution in [-0.4, -0.2) is 63.4 Å². The normalized spacial score (nSPS) is 16.4. The minimum Gasteiger partial charge on any atom is -0.504 e. The fraction of sp³-hybridized carbons (Fsp3) is 0.325. The van der Waals surface area contributed by atoms with Crippen LogP contribution in [0.25, 0.3) is 10.2 Å². The summed E-state index contributed by atoms with van der Waals surface area (Å²) in [4.78, 5) is 28.5. The number of carbonyl (C=O) groups excluding carboxylic acids is 2. The summed E-state index contributed by atoms with van der Waals surface area (Å²) < 4.78 is 2.14. The molecule has 0 radical (unpaired) electrons. The number of nitrogens with zero attached hydrogens (tertiary/aromatic N) is 3. The van der Waals surface area contributed by atoms with Crippen molar-refractivity contribution < 1.29 is 19.8 Å². The van der Waals surface area contributed by atoms with Crippen LogP contribution in [0.15, 0.2) is 79.4 Å². The number of halogens is 1. The number of nitrogens with one attached hydrogen (secondary N) is 2. The largest absolute Gasteiger partial charge is 0.504 e. The highest BCUT2D eigenvalue weighted by Gasteiger charge is 2.28. The quantitative estimate of drug-likeness (QED) is 0.0988. The van der Waals surface area contributed by atoms with Gasteiger partial charge < -0.3 is 20.8 Å². The number of aromatic hydroxyl groups is 2. The topological polar surface area (TPSA) is 120 Å². The molecule has 1 saturated carbocycles. The van der Waals surface area contributed by atoms with Gasteiger partial charge >= 0.3 is 0 Å². The number of amides is 2. The summed E-state index contributed by atoms with van der Waals surface area (Å²) in [5, 5.41) is 31.6. The highest BCUT2D eigenvalue weighted by atomic mass is 35.5. The minimum absolute atomic E-state index is 0.0950. The SMILES string of the molecule is C=CCN1CCc2c(cc(O)c(O)c2Cl)C(c2ccccc2)C1.CNC(=O)c1ccc(NC(=O)c2cc3c(C)nn(C4CCCCC4)c3s2)cc1. The standard InChI is InChI=1S/C21H24N4O2S.C19H20ClNO2/c1-13-17-12-18(28-21(17)25(24-13)16-6-4-3-5-7-16)20(27)23-15-10-8-14(9-11-15)19(26)22-2;1-2-9-21-10-8-14-15(11-17(22)19(23)18(14)20)16(12-21)13-6-4-3-5-7-13/h8-12,16H,3-7H2,1-2H3,(H,22,26)(H,23,27);2-7,11,16,22-23H,1,8-10,12H2. The Balaban J connectivity index is 0.000000179. The van der Waals surface area contributed by atoms with Gasteiger partial charge in [0, 0.05) is 49.2 Å². The molecule has 51 heavy (non-hydrogen) atoms. The predicted molar refractivity (Wildman–Crippen MR) is 206 cm³/mol. The molecule has 2 aliphatic rings. The van der Waals surface area contributed by atoms with Crippen molar-refractivity contribution in [1.82, 2.24) is 20.0 Å². The van der Waals surface area contributed by atoms with Crippen LogP contribution in [0.1, 0.15) is 86.5 Å². The fourth-order valence-corrected chi connectivity index (χ4v) is 8.51. The Kier molecular flexibility index (Phi) is 11.4. The van der Waals surface area contributed by atoms with Crippen molar-refractivity contribution in [2.75, 3.05) is 32.0 Å². The molecular weight excluding hydrogens is 682 g/mol. The molecule has 1 aliphatic heterocycles. The lowest BCUT2D eigenvalue weighted by Crippen LogP contribution is -2.28. The van der Waals surface area contributed by atoms with Crippen molar-refractivity contribution >= 4 is 50.7 Å². The molecule has 0 saturated heterocycles. The zero-order valence-electron chi connectivity index (χ0n) is 29.0. The predicted octanol–water partition coefficient (Wildman–Crippen LogP) is 8.45. The average Bonchev–Trinajstić information content (AvgIpc) is 3.68. The summed E-state index contributed by atoms with van der Waals surface area (Å²) >= 11 is 7.82. The van der Waals surface area contributed by atoms with E-state index < -0.39 is 0 Å². The third-order valence-corrected chi connectivity index (χ3v) is 11.3. The first-order valence-electron chi connectivity index (χ1n) is 17.4. The monoisotopic (exact) mass is 725 g/mol. The van der Waals surface area contributed by atoms with Gasteiger partial charge in [-0.3, -0.25) is 19.2 Å². The molecule has 9 nitrogen and oxygen atoms in total. The Labute approximate surface area is 307 Å². The molecule has 266 valence electrons. The van der Waals surface area contributed by atoms with Gasteiger partial charge in [-0.05, 0) is 79.3 Å². The molecule has 3 aromatic carbocycles. The van der Waals surface area contributed by atoms with E-state index in [0.29, 0.717) is 22.2 Å². The number of phenolic OH excluding ortho intramolecular Hbond substituents is 2. The molecule has 1 aliphatic carbocycles. The lowest BCUT2D eigenvalue weighted by Gasteiger charge is -2.24. The van der Waals surface area contributed by atoms with Gasteiger partial charge in [-0.1, -0.05) is 67.3 Å². The number of carbonyl (C=O) groups is 2. The van der Waals surface area contributed by atoms with Crippen molar-refractivity contribution in [2.45, 2.75) is 57.4 Å². The molecular formula is C40H44ClN5O4S. The number of aromatic nitrogens is 2. The van der Waals surface area contributed by atoms with E-state index in [0.717, 1.165) is 65.9 Å². The molecule has 1 fully saturated rings. The summed E-state index contributed by atoms with van der Waals surface area (Å²) in [5.41, 5.74) is 5.29. The van der Waals surface area contributed by atoms with E-state index in [1.807, 2.05) is 37.3 Å². The van der Waals surface area contributed by atoms with E-state index in [1.54, 1.807) is 37.4 Å². The first-order chi connectivity index (χ1) is 24.7. The molecule has 3 heterocycles. The van der Waals surface area contributed by atoms with Gasteiger partial charge in [-0.2, -0.15) is 5.10 Å². The van der Waals surface area contributed by atoms with E-state index in [9.17, 15) is 19.8 Å². The Hall–Kier alpha value is -4.64. The van der Waals surface area contributed by atoms with Gasteiger partial charge in [0.05, 0.1) is 21.6 Å². The van der Waals surface area contributed by atoms with Crippen LogP contribution in [0, 0.1) is 6.92 Å². The Bertz CT molecular complexity index is 2020. The number of phenols is 2. The van der Waals surface area contributed by atoms with Crippen molar-refractivity contribution in [1.29, 1.82) is 0 Å². The van der Waals surface area contributed by atoms with Crippen LogP contribution in [0.2, 0.25) is 5.02 Å². The molecule has 1 atom stereocenters. The van der Waals surface area contributed by atoms with Crippen LogP contribution in [-0.2, 0) is 6.42 Å². The van der Waals surface area contributed by atoms with Crippen molar-refractivity contribution in [3.05, 3.63) is 117 Å². The van der Waals surface area contributed by atoms with Gasteiger partial charge in [0.15, 0.2) is 11.5 Å². The van der Waals surface area contributed by atoms with Crippen molar-refractivity contribution in [3.63, 3.8) is 0 Å². The lowest BCUT2D eigenvalue weighted by molar-refractivity contribution is 0.0962. The number of fused-ring (bicyclic) bond motifs is 2. The highest BCUT2D eigenvalue weighted by Crippen LogP contribution is 2.43. The summed E-state index contributed by atoms with van der Waals surface area (Å²) in [5.74, 6) is -0.576. The zero-order valence-corrected chi connectivity index (χ0v) is 30.6.